The molecule has 2 aliphatic rings. The fourth-order valence-electron chi connectivity index (χ4n) is 2.03. The number of hydrogen-bond acceptors (Lipinski definition) is 2. The molecule has 0 spiro atoms. The molecule has 17 heavy (non-hydrogen) atoms. The molecule has 3 nitrogen and oxygen atoms in total. The van der Waals surface area contributed by atoms with Gasteiger partial charge in [0.25, 0.3) is 5.91 Å². The van der Waals surface area contributed by atoms with E-state index in [2.05, 4.69) is 5.32 Å². The van der Waals surface area contributed by atoms with Crippen LogP contribution < -0.4 is 5.32 Å². The van der Waals surface area contributed by atoms with E-state index >= 15 is 0 Å². The smallest absolute Gasteiger partial charge is 0.368 e. The van der Waals surface area contributed by atoms with Gasteiger partial charge >= 0.3 is 6.18 Å². The second-order valence-electron chi connectivity index (χ2n) is 4.10. The van der Waals surface area contributed by atoms with E-state index in [1.807, 2.05) is 0 Å². The molecule has 6 heteroatoms. The van der Waals surface area contributed by atoms with Gasteiger partial charge < -0.3 is 10.1 Å². The molecule has 1 atom stereocenters. The number of alkyl halides is 3. The molecule has 0 bridgehead atoms. The molecular weight excluding hydrogens is 235 g/mol. The van der Waals surface area contributed by atoms with Crippen molar-refractivity contribution in [2.45, 2.75) is 18.8 Å². The first-order chi connectivity index (χ1) is 7.97. The molecule has 0 unspecified atom stereocenters. The molecule has 1 aromatic rings. The molecule has 0 aromatic heterocycles. The number of carbonyl (C=O) groups is 1. The van der Waals surface area contributed by atoms with Gasteiger partial charge in [0, 0.05) is 12.1 Å². The van der Waals surface area contributed by atoms with Gasteiger partial charge in [-0.25, -0.2) is 0 Å². The second kappa shape index (κ2) is 3.22. The first-order valence-corrected chi connectivity index (χ1v) is 5.10. The minimum absolute atomic E-state index is 0.0342. The highest BCUT2D eigenvalue weighted by Crippen LogP contribution is 2.39. The van der Waals surface area contributed by atoms with E-state index < -0.39 is 17.6 Å². The van der Waals surface area contributed by atoms with Gasteiger partial charge in [-0.05, 0) is 23.3 Å². The molecule has 1 aromatic carbocycles. The quantitative estimate of drug-likeness (QED) is 0.767. The van der Waals surface area contributed by atoms with Crippen LogP contribution in [-0.4, -0.2) is 12.5 Å². The van der Waals surface area contributed by atoms with Crippen molar-refractivity contribution in [3.05, 3.63) is 34.4 Å². The van der Waals surface area contributed by atoms with Crippen molar-refractivity contribution in [3.63, 3.8) is 0 Å². The van der Waals surface area contributed by atoms with Crippen LogP contribution >= 0.6 is 0 Å². The van der Waals surface area contributed by atoms with Crippen molar-refractivity contribution in [1.82, 2.24) is 5.32 Å². The van der Waals surface area contributed by atoms with Crippen LogP contribution in [0.4, 0.5) is 13.2 Å². The molecule has 0 aliphatic carbocycles. The Morgan fingerprint density at radius 1 is 1.35 bits per heavy atom. The molecule has 1 saturated heterocycles. The van der Waals surface area contributed by atoms with Crippen LogP contribution in [0.15, 0.2) is 12.1 Å². The highest BCUT2D eigenvalue weighted by atomic mass is 19.4. The predicted molar refractivity (Wildman–Crippen MR) is 51.3 cm³/mol. The van der Waals surface area contributed by atoms with Crippen LogP contribution in [-0.2, 0) is 17.5 Å². The van der Waals surface area contributed by atoms with Gasteiger partial charge in [0.05, 0.1) is 12.2 Å². The summed E-state index contributed by atoms with van der Waals surface area (Å²) in [5.41, 5.74) is -0.163. The maximum Gasteiger partial charge on any atom is 0.416 e. The van der Waals surface area contributed by atoms with Crippen LogP contribution in [0.2, 0.25) is 0 Å². The standard InChI is InChI=1S/C11H8F3NO2/c12-11(13,14)8-2-5(9-4-17-9)1-6-7(8)3-15-10(6)16/h1-2,9H,3-4H2,(H,15,16)/t9-/m1/s1. The number of hydrogen-bond donors (Lipinski definition) is 1. The number of epoxide rings is 1. The first-order valence-electron chi connectivity index (χ1n) is 5.10. The van der Waals surface area contributed by atoms with E-state index in [1.165, 1.54) is 6.07 Å². The Hall–Kier alpha value is -1.56. The maximum atomic E-state index is 12.9. The number of ether oxygens (including phenoxy) is 1. The minimum atomic E-state index is -4.44. The summed E-state index contributed by atoms with van der Waals surface area (Å²) in [5, 5.41) is 2.40. The monoisotopic (exact) mass is 243 g/mol. The number of carbonyl (C=O) groups excluding carboxylic acids is 1. The summed E-state index contributed by atoms with van der Waals surface area (Å²) < 4.78 is 43.5. The Bertz CT molecular complexity index is 506. The number of amides is 1. The summed E-state index contributed by atoms with van der Waals surface area (Å²) in [6.45, 7) is 0.354. The average molecular weight is 243 g/mol. The van der Waals surface area contributed by atoms with Crippen LogP contribution in [0.3, 0.4) is 0 Å². The molecule has 0 saturated carbocycles. The largest absolute Gasteiger partial charge is 0.416 e. The number of rotatable bonds is 1. The molecule has 90 valence electrons. The third kappa shape index (κ3) is 1.68. The van der Waals surface area contributed by atoms with Crippen LogP contribution in [0.25, 0.3) is 0 Å². The Labute approximate surface area is 94.6 Å². The van der Waals surface area contributed by atoms with Crippen molar-refractivity contribution in [2.75, 3.05) is 6.61 Å². The van der Waals surface area contributed by atoms with Crippen LogP contribution in [0.1, 0.15) is 33.2 Å². The van der Waals surface area contributed by atoms with Crippen molar-refractivity contribution in [1.29, 1.82) is 0 Å². The van der Waals surface area contributed by atoms with Gasteiger partial charge in [0.2, 0.25) is 0 Å². The van der Waals surface area contributed by atoms with E-state index in [9.17, 15) is 18.0 Å². The fourth-order valence-corrected chi connectivity index (χ4v) is 2.03. The third-order valence-electron chi connectivity index (χ3n) is 2.95. The molecule has 3 rings (SSSR count). The second-order valence-corrected chi connectivity index (χ2v) is 4.10. The maximum absolute atomic E-state index is 12.9. The molecule has 2 heterocycles. The third-order valence-corrected chi connectivity index (χ3v) is 2.95. The zero-order valence-electron chi connectivity index (χ0n) is 8.60. The summed E-state index contributed by atoms with van der Waals surface area (Å²) in [5.74, 6) is -0.451. The lowest BCUT2D eigenvalue weighted by Crippen LogP contribution is -2.12. The molecule has 1 fully saturated rings. The average Bonchev–Trinajstić information content (AvgIpc) is 3.02. The fraction of sp³-hybridized carbons (Fsp3) is 0.364. The lowest BCUT2D eigenvalue weighted by molar-refractivity contribution is -0.138. The van der Waals surface area contributed by atoms with Crippen molar-refractivity contribution < 1.29 is 22.7 Å². The van der Waals surface area contributed by atoms with E-state index in [4.69, 9.17) is 4.74 Å². The van der Waals surface area contributed by atoms with E-state index in [-0.39, 0.29) is 23.8 Å². The topological polar surface area (TPSA) is 41.6 Å². The Morgan fingerprint density at radius 3 is 2.65 bits per heavy atom. The van der Waals surface area contributed by atoms with Gasteiger partial charge in [-0.3, -0.25) is 4.79 Å². The van der Waals surface area contributed by atoms with Gasteiger partial charge in [0.1, 0.15) is 6.10 Å². The van der Waals surface area contributed by atoms with Gasteiger partial charge in [-0.2, -0.15) is 13.2 Å². The van der Waals surface area contributed by atoms with E-state index in [1.54, 1.807) is 0 Å². The van der Waals surface area contributed by atoms with Crippen molar-refractivity contribution in [2.24, 2.45) is 0 Å². The Kier molecular flexibility index (Phi) is 2.01. The highest BCUT2D eigenvalue weighted by Gasteiger charge is 2.39. The SMILES string of the molecule is O=C1NCc2c1cc([C@H]1CO1)cc2C(F)(F)F. The van der Waals surface area contributed by atoms with Gasteiger partial charge in [0.15, 0.2) is 0 Å². The lowest BCUT2D eigenvalue weighted by Gasteiger charge is -2.12. The van der Waals surface area contributed by atoms with Crippen molar-refractivity contribution in [3.8, 4) is 0 Å². The highest BCUT2D eigenvalue weighted by molar-refractivity contribution is 5.99. The summed E-state index contributed by atoms with van der Waals surface area (Å²) in [6, 6.07) is 2.57. The summed E-state index contributed by atoms with van der Waals surface area (Å²) in [7, 11) is 0. The first kappa shape index (κ1) is 10.6. The van der Waals surface area contributed by atoms with Gasteiger partial charge in [-0.15, -0.1) is 0 Å². The minimum Gasteiger partial charge on any atom is -0.368 e. The molecule has 2 aliphatic heterocycles. The molecule has 1 amide bonds. The van der Waals surface area contributed by atoms with Crippen molar-refractivity contribution >= 4 is 5.91 Å². The molecular formula is C11H8F3NO2. The van der Waals surface area contributed by atoms with Gasteiger partial charge in [-0.1, -0.05) is 0 Å². The summed E-state index contributed by atoms with van der Waals surface area (Å²) >= 11 is 0. The Balaban J connectivity index is 2.19. The summed E-state index contributed by atoms with van der Waals surface area (Å²) in [4.78, 5) is 11.4. The number of fused-ring (bicyclic) bond motifs is 1. The van der Waals surface area contributed by atoms with E-state index in [0.29, 0.717) is 12.2 Å². The van der Waals surface area contributed by atoms with E-state index in [0.717, 1.165) is 6.07 Å². The zero-order valence-corrected chi connectivity index (χ0v) is 8.60. The predicted octanol–water partition coefficient (Wildman–Crippen LogP) is 2.02. The molecule has 0 radical (unpaired) electrons. The zero-order chi connectivity index (χ0) is 12.2. The lowest BCUT2D eigenvalue weighted by atomic mass is 9.97. The number of nitrogens with one attached hydrogen (secondary N) is 1. The summed E-state index contributed by atoms with van der Waals surface area (Å²) in [6.07, 6.45) is -4.74. The Morgan fingerprint density at radius 2 is 2.06 bits per heavy atom. The van der Waals surface area contributed by atoms with Crippen LogP contribution in [0.5, 0.6) is 0 Å². The number of halogens is 3. The number of benzene rings is 1. The molecule has 1 N–H and O–H groups in total. The van der Waals surface area contributed by atoms with Crippen LogP contribution in [0, 0.1) is 0 Å². The normalized spacial score (nSPS) is 22.3.